The van der Waals surface area contributed by atoms with E-state index in [4.69, 9.17) is 14.9 Å². The Hall–Kier alpha value is -2.95. The van der Waals surface area contributed by atoms with E-state index in [0.717, 1.165) is 11.1 Å². The number of carbonyl (C=O) groups excluding carboxylic acids is 2. The minimum Gasteiger partial charge on any atom is -0.490 e. The highest BCUT2D eigenvalue weighted by Gasteiger charge is 2.37. The first-order chi connectivity index (χ1) is 14.0. The van der Waals surface area contributed by atoms with Crippen molar-refractivity contribution in [3.05, 3.63) is 59.7 Å². The van der Waals surface area contributed by atoms with Crippen molar-refractivity contribution in [1.82, 2.24) is 0 Å². The summed E-state index contributed by atoms with van der Waals surface area (Å²) in [5, 5.41) is 8.36. The normalized spacial score (nSPS) is 19.1. The maximum absolute atomic E-state index is 12.9. The lowest BCUT2D eigenvalue weighted by Gasteiger charge is -2.28. The molecule has 0 unspecified atom stereocenters. The molecule has 1 saturated carbocycles. The van der Waals surface area contributed by atoms with E-state index in [1.54, 1.807) is 12.1 Å². The standard InChI is InChI=1S/C24H27NO4/c1-3-28-22-11-10-16(13-23(22)29-4-2)12-20(26)24-19(25)14-18(15-21(24)27)17-8-6-5-7-9-17/h5-11,13,18,24-25H,3-4,12,14-15H2,1-2H3/t18-,24-/m1/s1. The van der Waals surface area contributed by atoms with Gasteiger partial charge in [0.2, 0.25) is 0 Å². The highest BCUT2D eigenvalue weighted by molar-refractivity contribution is 6.22. The van der Waals surface area contributed by atoms with Gasteiger partial charge >= 0.3 is 0 Å². The lowest BCUT2D eigenvalue weighted by atomic mass is 9.74. The van der Waals surface area contributed by atoms with Crippen LogP contribution in [0.25, 0.3) is 0 Å². The van der Waals surface area contributed by atoms with E-state index in [-0.39, 0.29) is 29.6 Å². The molecule has 0 saturated heterocycles. The fourth-order valence-electron chi connectivity index (χ4n) is 3.85. The fraction of sp³-hybridized carbons (Fsp3) is 0.375. The highest BCUT2D eigenvalue weighted by atomic mass is 16.5. The van der Waals surface area contributed by atoms with Crippen LogP contribution in [0.15, 0.2) is 48.5 Å². The molecule has 0 spiro atoms. The van der Waals surface area contributed by atoms with Gasteiger partial charge in [-0.05, 0) is 49.4 Å². The Kier molecular flexibility index (Phi) is 6.81. The first-order valence-corrected chi connectivity index (χ1v) is 10.1. The van der Waals surface area contributed by atoms with Crippen LogP contribution in [0.5, 0.6) is 11.5 Å². The number of ether oxygens (including phenoxy) is 2. The van der Waals surface area contributed by atoms with Crippen LogP contribution in [-0.4, -0.2) is 30.5 Å². The molecule has 0 aliphatic heterocycles. The van der Waals surface area contributed by atoms with Crippen molar-refractivity contribution in [2.24, 2.45) is 5.92 Å². The second-order valence-electron chi connectivity index (χ2n) is 7.23. The largest absolute Gasteiger partial charge is 0.490 e. The summed E-state index contributed by atoms with van der Waals surface area (Å²) in [6, 6.07) is 15.1. The van der Waals surface area contributed by atoms with Crippen LogP contribution in [-0.2, 0) is 16.0 Å². The smallest absolute Gasteiger partial charge is 0.161 e. The molecular formula is C24H27NO4. The monoisotopic (exact) mass is 393 g/mol. The van der Waals surface area contributed by atoms with E-state index in [2.05, 4.69) is 0 Å². The van der Waals surface area contributed by atoms with Gasteiger partial charge in [-0.1, -0.05) is 36.4 Å². The summed E-state index contributed by atoms with van der Waals surface area (Å²) in [5.74, 6) is -0.104. The van der Waals surface area contributed by atoms with Crippen molar-refractivity contribution in [1.29, 1.82) is 5.41 Å². The van der Waals surface area contributed by atoms with Crippen molar-refractivity contribution < 1.29 is 19.1 Å². The van der Waals surface area contributed by atoms with Gasteiger partial charge in [0, 0.05) is 18.6 Å². The zero-order valence-corrected chi connectivity index (χ0v) is 16.9. The van der Waals surface area contributed by atoms with Gasteiger partial charge < -0.3 is 14.9 Å². The molecule has 1 fully saturated rings. The molecule has 0 bridgehead atoms. The van der Waals surface area contributed by atoms with Crippen LogP contribution < -0.4 is 9.47 Å². The Labute approximate surface area is 171 Å². The predicted octanol–water partition coefficient (Wildman–Crippen LogP) is 4.38. The minimum atomic E-state index is -0.933. The van der Waals surface area contributed by atoms with Crippen LogP contribution >= 0.6 is 0 Å². The van der Waals surface area contributed by atoms with Gasteiger partial charge in [0.15, 0.2) is 17.3 Å². The number of hydrogen-bond acceptors (Lipinski definition) is 5. The van der Waals surface area contributed by atoms with E-state index in [1.165, 1.54) is 0 Å². The maximum atomic E-state index is 12.9. The van der Waals surface area contributed by atoms with Crippen LogP contribution in [0, 0.1) is 11.3 Å². The molecule has 1 aliphatic carbocycles. The number of carbonyl (C=O) groups is 2. The third kappa shape index (κ3) is 4.91. The molecule has 0 amide bonds. The van der Waals surface area contributed by atoms with E-state index in [9.17, 15) is 9.59 Å². The summed E-state index contributed by atoms with van der Waals surface area (Å²) in [6.45, 7) is 4.80. The molecule has 0 radical (unpaired) electrons. The molecule has 5 nitrogen and oxygen atoms in total. The number of benzene rings is 2. The Morgan fingerprint density at radius 3 is 2.34 bits per heavy atom. The Balaban J connectivity index is 1.71. The molecule has 1 aliphatic rings. The molecule has 2 aromatic rings. The van der Waals surface area contributed by atoms with Crippen LogP contribution in [0.3, 0.4) is 0 Å². The Morgan fingerprint density at radius 1 is 1.00 bits per heavy atom. The molecule has 2 aromatic carbocycles. The van der Waals surface area contributed by atoms with Gasteiger partial charge in [-0.15, -0.1) is 0 Å². The summed E-state index contributed by atoms with van der Waals surface area (Å²) in [7, 11) is 0. The van der Waals surface area contributed by atoms with Crippen LogP contribution in [0.1, 0.15) is 43.7 Å². The third-order valence-corrected chi connectivity index (χ3v) is 5.16. The van der Waals surface area contributed by atoms with Gasteiger partial charge in [-0.25, -0.2) is 0 Å². The lowest BCUT2D eigenvalue weighted by Crippen LogP contribution is -2.38. The molecule has 3 rings (SSSR count). The number of hydrogen-bond donors (Lipinski definition) is 1. The quantitative estimate of drug-likeness (QED) is 0.675. The fourth-order valence-corrected chi connectivity index (χ4v) is 3.85. The van der Waals surface area contributed by atoms with Gasteiger partial charge in [-0.3, -0.25) is 9.59 Å². The molecule has 0 heterocycles. The summed E-state index contributed by atoms with van der Waals surface area (Å²) in [4.78, 5) is 25.6. The number of Topliss-reactive ketones (excluding diaryl/α,β-unsaturated/α-hetero) is 2. The van der Waals surface area contributed by atoms with E-state index < -0.39 is 5.92 Å². The number of rotatable bonds is 8. The number of ketones is 2. The summed E-state index contributed by atoms with van der Waals surface area (Å²) < 4.78 is 11.2. The number of nitrogens with one attached hydrogen (secondary N) is 1. The molecule has 5 heteroatoms. The van der Waals surface area contributed by atoms with E-state index in [0.29, 0.717) is 37.6 Å². The zero-order chi connectivity index (χ0) is 20.8. The average molecular weight is 393 g/mol. The first-order valence-electron chi connectivity index (χ1n) is 10.1. The first kappa shape index (κ1) is 20.8. The van der Waals surface area contributed by atoms with Crippen molar-refractivity contribution in [3.63, 3.8) is 0 Å². The zero-order valence-electron chi connectivity index (χ0n) is 16.9. The molecule has 0 aromatic heterocycles. The molecule has 152 valence electrons. The van der Waals surface area contributed by atoms with Gasteiger partial charge in [0.05, 0.1) is 13.2 Å². The van der Waals surface area contributed by atoms with Crippen molar-refractivity contribution in [2.75, 3.05) is 13.2 Å². The molecule has 1 N–H and O–H groups in total. The van der Waals surface area contributed by atoms with Gasteiger partial charge in [-0.2, -0.15) is 0 Å². The van der Waals surface area contributed by atoms with Gasteiger partial charge in [0.1, 0.15) is 11.7 Å². The van der Waals surface area contributed by atoms with Crippen molar-refractivity contribution >= 4 is 17.3 Å². The predicted molar refractivity (Wildman–Crippen MR) is 112 cm³/mol. The van der Waals surface area contributed by atoms with Crippen LogP contribution in [0.4, 0.5) is 0 Å². The van der Waals surface area contributed by atoms with Crippen LogP contribution in [0.2, 0.25) is 0 Å². The summed E-state index contributed by atoms with van der Waals surface area (Å²) in [6.07, 6.45) is 0.844. The van der Waals surface area contributed by atoms with Crippen molar-refractivity contribution in [3.8, 4) is 11.5 Å². The second kappa shape index (κ2) is 9.50. The molecular weight excluding hydrogens is 366 g/mol. The third-order valence-electron chi connectivity index (χ3n) is 5.16. The second-order valence-corrected chi connectivity index (χ2v) is 7.23. The highest BCUT2D eigenvalue weighted by Crippen LogP contribution is 2.33. The average Bonchev–Trinajstić information content (AvgIpc) is 2.70. The molecule has 2 atom stereocenters. The lowest BCUT2D eigenvalue weighted by molar-refractivity contribution is -0.130. The SMILES string of the molecule is CCOc1ccc(CC(=O)[C@H]2C(=N)C[C@@H](c3ccccc3)CC2=O)cc1OCC. The molecule has 29 heavy (non-hydrogen) atoms. The topological polar surface area (TPSA) is 76.5 Å². The van der Waals surface area contributed by atoms with E-state index in [1.807, 2.05) is 50.2 Å². The Bertz CT molecular complexity index is 873. The van der Waals surface area contributed by atoms with Crippen molar-refractivity contribution in [2.45, 2.75) is 39.0 Å². The summed E-state index contributed by atoms with van der Waals surface area (Å²) >= 11 is 0. The maximum Gasteiger partial charge on any atom is 0.161 e. The minimum absolute atomic E-state index is 0.0183. The summed E-state index contributed by atoms with van der Waals surface area (Å²) in [5.41, 5.74) is 2.02. The van der Waals surface area contributed by atoms with Gasteiger partial charge in [0.25, 0.3) is 0 Å². The van der Waals surface area contributed by atoms with E-state index >= 15 is 0 Å². The Morgan fingerprint density at radius 2 is 1.69 bits per heavy atom.